The van der Waals surface area contributed by atoms with Crippen molar-refractivity contribution in [3.63, 3.8) is 0 Å². The molecule has 2 atom stereocenters. The van der Waals surface area contributed by atoms with E-state index in [0.717, 1.165) is 109 Å². The average Bonchev–Trinajstić information content (AvgIpc) is 3.70. The maximum Gasteiger partial charge on any atom is 0.306 e. The number of allylic oxidation sites excluding steroid dienone is 22. The fraction of sp³-hybridized carbons (Fsp3) is 0.688. The molecule has 0 saturated carbocycles. The number of hydrogen-bond donors (Lipinski definition) is 0. The molecule has 9 nitrogen and oxygen atoms in total. The smallest absolute Gasteiger partial charge is 0.306 e. The number of carboxylic acids is 1. The molecule has 2 unspecified atom stereocenters. The van der Waals surface area contributed by atoms with E-state index in [1.165, 1.54) is 154 Å². The van der Waals surface area contributed by atoms with Crippen LogP contribution in [-0.4, -0.2) is 82.3 Å². The summed E-state index contributed by atoms with van der Waals surface area (Å²) in [5, 5.41) is 11.8. The summed E-state index contributed by atoms with van der Waals surface area (Å²) in [6, 6.07) is 0. The first-order valence-electron chi connectivity index (χ1n) is 36.3. The summed E-state index contributed by atoms with van der Waals surface area (Å²) in [6.45, 7) is 4.53. The molecule has 0 amide bonds. The van der Waals surface area contributed by atoms with Gasteiger partial charge in [-0.25, -0.2) is 0 Å². The van der Waals surface area contributed by atoms with Crippen molar-refractivity contribution >= 4 is 17.9 Å². The molecule has 9 heteroatoms. The highest BCUT2D eigenvalue weighted by Crippen LogP contribution is 2.17. The Labute approximate surface area is 548 Å². The lowest BCUT2D eigenvalue weighted by Gasteiger charge is -2.26. The molecule has 0 heterocycles. The molecule has 0 aromatic rings. The summed E-state index contributed by atoms with van der Waals surface area (Å²) in [5.74, 6) is -2.28. The number of carboxylic acid groups (broad SMARTS) is 1. The Morgan fingerprint density at radius 1 is 0.337 bits per heavy atom. The molecule has 0 aliphatic heterocycles. The zero-order valence-electron chi connectivity index (χ0n) is 58.0. The van der Waals surface area contributed by atoms with Gasteiger partial charge in [-0.3, -0.25) is 9.59 Å². The largest absolute Gasteiger partial charge is 0.545 e. The van der Waals surface area contributed by atoms with Crippen LogP contribution in [0.3, 0.4) is 0 Å². The normalized spacial score (nSPS) is 13.5. The summed E-state index contributed by atoms with van der Waals surface area (Å²) in [4.78, 5) is 37.5. The third kappa shape index (κ3) is 70.7. The maximum absolute atomic E-state index is 13.0. The molecule has 0 saturated heterocycles. The van der Waals surface area contributed by atoms with Crippen LogP contribution in [0.15, 0.2) is 134 Å². The molecular weight excluding hydrogens is 1100 g/mol. The maximum atomic E-state index is 13.0. The van der Waals surface area contributed by atoms with Gasteiger partial charge in [0, 0.05) is 12.8 Å². The Balaban J connectivity index is 4.09. The second kappa shape index (κ2) is 69.3. The molecule has 0 aliphatic rings. The van der Waals surface area contributed by atoms with Gasteiger partial charge < -0.3 is 33.3 Å². The Hall–Kier alpha value is -4.57. The Morgan fingerprint density at radius 2 is 0.607 bits per heavy atom. The summed E-state index contributed by atoms with van der Waals surface area (Å²) >= 11 is 0. The fourth-order valence-electron chi connectivity index (χ4n) is 9.92. The van der Waals surface area contributed by atoms with Crippen LogP contribution in [0.4, 0.5) is 0 Å². The van der Waals surface area contributed by atoms with Crippen molar-refractivity contribution in [2.24, 2.45) is 0 Å². The van der Waals surface area contributed by atoms with Gasteiger partial charge in [-0.2, -0.15) is 0 Å². The van der Waals surface area contributed by atoms with Gasteiger partial charge in [0.15, 0.2) is 12.4 Å². The highest BCUT2D eigenvalue weighted by atomic mass is 16.7. The van der Waals surface area contributed by atoms with Crippen molar-refractivity contribution in [2.75, 3.05) is 47.5 Å². The van der Waals surface area contributed by atoms with Gasteiger partial charge in [0.05, 0.1) is 40.3 Å². The molecular formula is C80H135NO8. The zero-order chi connectivity index (χ0) is 64.7. The molecule has 89 heavy (non-hydrogen) atoms. The van der Waals surface area contributed by atoms with Gasteiger partial charge in [0.1, 0.15) is 13.2 Å². The second-order valence-electron chi connectivity index (χ2n) is 25.1. The summed E-state index contributed by atoms with van der Waals surface area (Å²) in [5.41, 5.74) is 0. The number of rotatable bonds is 66. The number of esters is 2. The molecule has 508 valence electrons. The van der Waals surface area contributed by atoms with E-state index < -0.39 is 24.3 Å². The van der Waals surface area contributed by atoms with Crippen LogP contribution in [0, 0.1) is 0 Å². The van der Waals surface area contributed by atoms with Gasteiger partial charge in [-0.05, 0) is 109 Å². The Bertz CT molecular complexity index is 1930. The fourth-order valence-corrected chi connectivity index (χ4v) is 9.92. The minimum atomic E-state index is -1.63. The minimum Gasteiger partial charge on any atom is -0.545 e. The lowest BCUT2D eigenvalue weighted by Crippen LogP contribution is -2.44. The number of unbranched alkanes of at least 4 members (excludes halogenated alkanes) is 29. The first kappa shape index (κ1) is 84.4. The van der Waals surface area contributed by atoms with Crippen LogP contribution in [0.25, 0.3) is 0 Å². The van der Waals surface area contributed by atoms with E-state index in [-0.39, 0.29) is 38.6 Å². The number of hydrogen-bond acceptors (Lipinski definition) is 8. The molecule has 0 N–H and O–H groups in total. The molecule has 0 spiro atoms. The third-order valence-electron chi connectivity index (χ3n) is 15.4. The standard InChI is InChI=1S/C80H135NO8/c1-6-8-10-12-14-16-18-20-22-24-26-28-30-32-34-35-36-37-38-39-40-41-42-43-45-47-49-51-53-55-57-59-61-63-65-67-69-71-78(83)89-76(75-88-80(79(84)85)86-73-72-81(3,4)5)74-87-77(82)70-68-66-64-62-60-58-56-54-52-50-48-46-44-33-31-29-27-25-23-21-19-17-15-13-11-9-7-2/h8-11,14-17,20-23,26-29,32-34,36-37,44,76,80H,6-7,12-13,18-19,24-25,30-31,35,38-43,45-75H2,1-5H3/b10-8-,11-9-,16-14-,17-15-,22-20-,23-21-,28-26-,29-27-,34-32-,37-36-,44-33-. The van der Waals surface area contributed by atoms with Gasteiger partial charge in [-0.1, -0.05) is 308 Å². The topological polar surface area (TPSA) is 111 Å². The Kier molecular flexibility index (Phi) is 65.8. The lowest BCUT2D eigenvalue weighted by atomic mass is 10.0. The van der Waals surface area contributed by atoms with E-state index in [9.17, 15) is 19.5 Å². The van der Waals surface area contributed by atoms with E-state index in [1.807, 2.05) is 21.1 Å². The number of quaternary nitrogens is 1. The monoisotopic (exact) mass is 1240 g/mol. The average molecular weight is 1240 g/mol. The second-order valence-corrected chi connectivity index (χ2v) is 25.1. The van der Waals surface area contributed by atoms with E-state index >= 15 is 0 Å². The van der Waals surface area contributed by atoms with Crippen molar-refractivity contribution in [3.8, 4) is 0 Å². The molecule has 0 aliphatic carbocycles. The van der Waals surface area contributed by atoms with Crippen LogP contribution in [0.1, 0.15) is 296 Å². The van der Waals surface area contributed by atoms with Crippen LogP contribution < -0.4 is 5.11 Å². The van der Waals surface area contributed by atoms with Crippen LogP contribution in [0.5, 0.6) is 0 Å². The van der Waals surface area contributed by atoms with Gasteiger partial charge in [-0.15, -0.1) is 0 Å². The number of nitrogens with zero attached hydrogens (tertiary/aromatic N) is 1. The highest BCUT2D eigenvalue weighted by molar-refractivity contribution is 5.70. The van der Waals surface area contributed by atoms with Crippen LogP contribution in [0.2, 0.25) is 0 Å². The number of ether oxygens (including phenoxy) is 4. The summed E-state index contributed by atoms with van der Waals surface area (Å²) in [7, 11) is 5.93. The highest BCUT2D eigenvalue weighted by Gasteiger charge is 2.22. The SMILES string of the molecule is CC/C=C\C/C=C\C/C=C\C/C=C\C/C=C\C/C=C\CCCCCCCCCCCCCCCCCCCCC(=O)OC(COC(=O)CCCCCCCCCCCCC/C=C\C/C=C\C/C=C\C/C=C\C/C=C\CC)COC(OCC[N+](C)(C)C)C(=O)[O-]. The van der Waals surface area contributed by atoms with Gasteiger partial charge in [0.25, 0.3) is 0 Å². The van der Waals surface area contributed by atoms with E-state index in [0.29, 0.717) is 17.4 Å². The molecule has 0 aromatic heterocycles. The van der Waals surface area contributed by atoms with E-state index in [1.54, 1.807) is 0 Å². The quantitative estimate of drug-likeness (QED) is 0.0195. The number of likely N-dealkylation sites (N-methyl/N-ethyl adjacent to an activating group) is 1. The molecule has 0 bridgehead atoms. The predicted molar refractivity (Wildman–Crippen MR) is 379 cm³/mol. The van der Waals surface area contributed by atoms with Crippen molar-refractivity contribution < 1.29 is 42.9 Å². The van der Waals surface area contributed by atoms with Crippen LogP contribution in [-0.2, 0) is 33.3 Å². The molecule has 0 fully saturated rings. The zero-order valence-corrected chi connectivity index (χ0v) is 58.0. The van der Waals surface area contributed by atoms with Crippen molar-refractivity contribution in [2.45, 2.75) is 309 Å². The van der Waals surface area contributed by atoms with Crippen molar-refractivity contribution in [1.29, 1.82) is 0 Å². The van der Waals surface area contributed by atoms with E-state index in [2.05, 4.69) is 148 Å². The predicted octanol–water partition coefficient (Wildman–Crippen LogP) is 21.6. The van der Waals surface area contributed by atoms with Gasteiger partial charge in [0.2, 0.25) is 0 Å². The van der Waals surface area contributed by atoms with Crippen molar-refractivity contribution in [3.05, 3.63) is 134 Å². The lowest BCUT2D eigenvalue weighted by molar-refractivity contribution is -0.870. The number of carbonyl (C=O) groups excluding carboxylic acids is 3. The summed E-state index contributed by atoms with van der Waals surface area (Å²) < 4.78 is 22.8. The Morgan fingerprint density at radius 3 is 0.899 bits per heavy atom. The third-order valence-corrected chi connectivity index (χ3v) is 15.4. The number of aliphatic carboxylic acids is 1. The first-order valence-corrected chi connectivity index (χ1v) is 36.3. The van der Waals surface area contributed by atoms with Crippen LogP contribution >= 0.6 is 0 Å². The molecule has 0 aromatic carbocycles. The van der Waals surface area contributed by atoms with Gasteiger partial charge >= 0.3 is 11.9 Å². The van der Waals surface area contributed by atoms with Crippen molar-refractivity contribution in [1.82, 2.24) is 0 Å². The number of carbonyl (C=O) groups is 3. The first-order chi connectivity index (χ1) is 43.6. The summed E-state index contributed by atoms with van der Waals surface area (Å²) in [6.07, 6.45) is 96.8. The molecule has 0 radical (unpaired) electrons. The minimum absolute atomic E-state index is 0.143. The molecule has 0 rings (SSSR count). The van der Waals surface area contributed by atoms with E-state index in [4.69, 9.17) is 18.9 Å².